The van der Waals surface area contributed by atoms with Gasteiger partial charge in [-0.2, -0.15) is 26.3 Å². The Morgan fingerprint density at radius 3 is 2.06 bits per heavy atom. The standard InChI is InChI=1S/C21H23F3N6O.C16H20F3N3/c22-21(23,24)14-3-1-2-13(10-14)16-4-5-17-19(27-16)30(15-7-9-29(17)11-15)20(31)28-18-6-8-25-12-26-18;17-16(18,19)11-3-1-2-10(8-11)13-4-5-14-15(21-13)20-12-6-7-22(14)9-12/h4-6,8,12-15H,1-3,7,9-11H2,(H,25,26,28,31);4-5,10-12H,1-3,6-9H2,(H,20,21)/t13?,14?,15-;10?,11?,12-/m00/s1. The van der Waals surface area contributed by atoms with E-state index in [4.69, 9.17) is 4.98 Å². The van der Waals surface area contributed by atoms with Crippen LogP contribution in [-0.2, 0) is 0 Å². The van der Waals surface area contributed by atoms with Gasteiger partial charge < -0.3 is 15.1 Å². The monoisotopic (exact) mass is 743 g/mol. The molecule has 53 heavy (non-hydrogen) atoms. The molecule has 4 fully saturated rings. The summed E-state index contributed by atoms with van der Waals surface area (Å²) in [5, 5.41) is 6.22. The molecule has 3 aromatic heterocycles. The van der Waals surface area contributed by atoms with Gasteiger partial charge in [-0.05, 0) is 81.7 Å². The van der Waals surface area contributed by atoms with Gasteiger partial charge in [0.05, 0.1) is 29.3 Å². The second kappa shape index (κ2) is 14.1. The smallest absolute Gasteiger partial charge is 0.366 e. The zero-order valence-electron chi connectivity index (χ0n) is 29.2. The molecule has 10 nitrogen and oxygen atoms in total. The molecular formula is C37H43F6N9O. The molecule has 2 N–H and O–H groups in total. The average molecular weight is 744 g/mol. The molecule has 2 aliphatic carbocycles. The number of rotatable bonds is 3. The maximum atomic E-state index is 13.3. The highest BCUT2D eigenvalue weighted by Gasteiger charge is 2.45. The molecule has 7 heterocycles. The molecule has 3 aromatic rings. The van der Waals surface area contributed by atoms with Crippen LogP contribution in [0.15, 0.2) is 42.9 Å². The third-order valence-electron chi connectivity index (χ3n) is 11.9. The number of fused-ring (bicyclic) bond motifs is 8. The van der Waals surface area contributed by atoms with Gasteiger partial charge in [-0.25, -0.2) is 24.7 Å². The Labute approximate surface area is 303 Å². The van der Waals surface area contributed by atoms with Crippen molar-refractivity contribution < 1.29 is 31.1 Å². The van der Waals surface area contributed by atoms with Crippen LogP contribution in [0.1, 0.15) is 87.4 Å². The molecule has 0 spiro atoms. The average Bonchev–Trinajstić information content (AvgIpc) is 3.75. The molecular weight excluding hydrogens is 700 g/mol. The zero-order valence-corrected chi connectivity index (χ0v) is 29.2. The lowest BCUT2D eigenvalue weighted by molar-refractivity contribution is -0.184. The van der Waals surface area contributed by atoms with E-state index >= 15 is 0 Å². The second-order valence-corrected chi connectivity index (χ2v) is 15.2. The molecule has 4 aliphatic heterocycles. The Kier molecular flexibility index (Phi) is 9.50. The number of anilines is 5. The van der Waals surface area contributed by atoms with Crippen molar-refractivity contribution in [2.45, 2.75) is 100 Å². The lowest BCUT2D eigenvalue weighted by Gasteiger charge is -2.37. The van der Waals surface area contributed by atoms with Crippen molar-refractivity contribution in [1.82, 2.24) is 19.9 Å². The summed E-state index contributed by atoms with van der Waals surface area (Å²) >= 11 is 0. The second-order valence-electron chi connectivity index (χ2n) is 15.2. The van der Waals surface area contributed by atoms with E-state index in [-0.39, 0.29) is 49.6 Å². The van der Waals surface area contributed by atoms with E-state index in [1.165, 1.54) is 6.33 Å². The fourth-order valence-corrected chi connectivity index (χ4v) is 9.11. The molecule has 4 bridgehead atoms. The van der Waals surface area contributed by atoms with E-state index in [0.717, 1.165) is 61.8 Å². The minimum atomic E-state index is -4.18. The van der Waals surface area contributed by atoms with Crippen LogP contribution >= 0.6 is 0 Å². The first-order chi connectivity index (χ1) is 25.4. The minimum absolute atomic E-state index is 0.0358. The first-order valence-electron chi connectivity index (χ1n) is 18.7. The van der Waals surface area contributed by atoms with Crippen molar-refractivity contribution in [2.75, 3.05) is 51.5 Å². The molecule has 284 valence electrons. The zero-order chi connectivity index (χ0) is 36.9. The predicted molar refractivity (Wildman–Crippen MR) is 188 cm³/mol. The van der Waals surface area contributed by atoms with Gasteiger partial charge in [-0.3, -0.25) is 10.2 Å². The van der Waals surface area contributed by atoms with Gasteiger partial charge in [-0.15, -0.1) is 0 Å². The number of carbonyl (C=O) groups is 1. The number of hydrogen-bond donors (Lipinski definition) is 2. The van der Waals surface area contributed by atoms with E-state index in [1.54, 1.807) is 17.2 Å². The number of amides is 2. The lowest BCUT2D eigenvalue weighted by atomic mass is 9.79. The topological polar surface area (TPSA) is 102 Å². The first-order valence-corrected chi connectivity index (χ1v) is 18.7. The quantitative estimate of drug-likeness (QED) is 0.259. The summed E-state index contributed by atoms with van der Waals surface area (Å²) in [5.41, 5.74) is 3.40. The molecule has 2 amide bonds. The van der Waals surface area contributed by atoms with E-state index in [1.807, 2.05) is 24.3 Å². The summed E-state index contributed by atoms with van der Waals surface area (Å²) < 4.78 is 78.8. The summed E-state index contributed by atoms with van der Waals surface area (Å²) in [5.74, 6) is -1.02. The van der Waals surface area contributed by atoms with Crippen LogP contribution in [-0.4, -0.2) is 76.6 Å². The Morgan fingerprint density at radius 2 is 1.40 bits per heavy atom. The van der Waals surface area contributed by atoms with Crippen LogP contribution in [0.4, 0.5) is 60.0 Å². The highest BCUT2D eigenvalue weighted by atomic mass is 19.4. The maximum Gasteiger partial charge on any atom is 0.391 e. The first kappa shape index (κ1) is 35.6. The SMILES string of the molecule is FC(F)(F)C1CCCC(c2ccc3c(n2)N[C@H]2CCN3C2)C1.O=C(Nc1ccncn1)N1c2nc(C3CCCC(C(F)(F)F)C3)ccc2N2CC[C@H]1C2. The van der Waals surface area contributed by atoms with Gasteiger partial charge in [0.15, 0.2) is 5.82 Å². The van der Waals surface area contributed by atoms with Crippen LogP contribution < -0.4 is 25.3 Å². The molecule has 2 saturated carbocycles. The fraction of sp³-hybridized carbons (Fsp3) is 0.595. The third kappa shape index (κ3) is 7.42. The summed E-state index contributed by atoms with van der Waals surface area (Å²) in [6.45, 7) is 3.57. The van der Waals surface area contributed by atoms with Gasteiger partial charge in [0.25, 0.3) is 0 Å². The van der Waals surface area contributed by atoms with Crippen molar-refractivity contribution >= 4 is 34.9 Å². The van der Waals surface area contributed by atoms with Crippen LogP contribution in [0.2, 0.25) is 0 Å². The Morgan fingerprint density at radius 1 is 0.755 bits per heavy atom. The largest absolute Gasteiger partial charge is 0.391 e. The Hall–Kier alpha value is -4.37. The van der Waals surface area contributed by atoms with E-state index in [2.05, 4.69) is 35.4 Å². The van der Waals surface area contributed by atoms with Gasteiger partial charge in [-0.1, -0.05) is 12.8 Å². The van der Waals surface area contributed by atoms with E-state index in [9.17, 15) is 31.1 Å². The molecule has 16 heteroatoms. The van der Waals surface area contributed by atoms with Crippen molar-refractivity contribution in [3.05, 3.63) is 54.2 Å². The number of pyridine rings is 2. The van der Waals surface area contributed by atoms with Gasteiger partial charge in [0.2, 0.25) is 0 Å². The molecule has 4 unspecified atom stereocenters. The number of halogens is 6. The number of carbonyl (C=O) groups excluding carboxylic acids is 1. The highest BCUT2D eigenvalue weighted by Crippen LogP contribution is 2.47. The van der Waals surface area contributed by atoms with Gasteiger partial charge in [0, 0.05) is 61.6 Å². The molecule has 0 radical (unpaired) electrons. The van der Waals surface area contributed by atoms with Crippen LogP contribution in [0.5, 0.6) is 0 Å². The third-order valence-corrected chi connectivity index (χ3v) is 11.9. The number of urea groups is 1. The Balaban J connectivity index is 0.000000160. The molecule has 9 rings (SSSR count). The molecule has 0 aromatic carbocycles. The summed E-state index contributed by atoms with van der Waals surface area (Å²) in [7, 11) is 0. The van der Waals surface area contributed by atoms with Crippen molar-refractivity contribution in [3.8, 4) is 0 Å². The normalized spacial score (nSPS) is 27.6. The van der Waals surface area contributed by atoms with Gasteiger partial charge in [0.1, 0.15) is 18.0 Å². The predicted octanol–water partition coefficient (Wildman–Crippen LogP) is 8.26. The number of nitrogens with one attached hydrogen (secondary N) is 2. The maximum absolute atomic E-state index is 13.3. The van der Waals surface area contributed by atoms with Crippen molar-refractivity contribution in [2.24, 2.45) is 11.8 Å². The van der Waals surface area contributed by atoms with E-state index < -0.39 is 24.2 Å². The van der Waals surface area contributed by atoms with Crippen molar-refractivity contribution in [1.29, 1.82) is 0 Å². The number of nitrogens with zero attached hydrogens (tertiary/aromatic N) is 7. The molecule has 6 atom stereocenters. The summed E-state index contributed by atoms with van der Waals surface area (Å²) in [6, 6.07) is 9.37. The van der Waals surface area contributed by atoms with Crippen LogP contribution in [0, 0.1) is 11.8 Å². The Bertz CT molecular complexity index is 1790. The van der Waals surface area contributed by atoms with Crippen LogP contribution in [0.3, 0.4) is 0 Å². The number of alkyl halides is 6. The summed E-state index contributed by atoms with van der Waals surface area (Å²) in [6.07, 6.45) is -0.121. The van der Waals surface area contributed by atoms with Gasteiger partial charge >= 0.3 is 18.4 Å². The molecule has 2 saturated heterocycles. The lowest BCUT2D eigenvalue weighted by Crippen LogP contribution is -2.48. The van der Waals surface area contributed by atoms with Crippen molar-refractivity contribution in [3.63, 3.8) is 0 Å². The number of hydrogen-bond acceptors (Lipinski definition) is 8. The fourth-order valence-electron chi connectivity index (χ4n) is 9.11. The summed E-state index contributed by atoms with van der Waals surface area (Å²) in [4.78, 5) is 36.6. The van der Waals surface area contributed by atoms with E-state index in [0.29, 0.717) is 49.2 Å². The minimum Gasteiger partial charge on any atom is -0.366 e. The number of aromatic nitrogens is 4. The highest BCUT2D eigenvalue weighted by molar-refractivity contribution is 6.04. The van der Waals surface area contributed by atoms with Crippen LogP contribution in [0.25, 0.3) is 0 Å². The molecule has 6 aliphatic rings.